The number of thiazole rings is 1. The third kappa shape index (κ3) is 4.73. The van der Waals surface area contributed by atoms with Crippen LogP contribution in [0.1, 0.15) is 32.3 Å². The fraction of sp³-hybridized carbons (Fsp3) is 0.333. The van der Waals surface area contributed by atoms with Gasteiger partial charge in [0.1, 0.15) is 12.3 Å². The second-order valence-electron chi connectivity index (χ2n) is 6.90. The van der Waals surface area contributed by atoms with Crippen LogP contribution in [0.25, 0.3) is 10.2 Å². The summed E-state index contributed by atoms with van der Waals surface area (Å²) in [6, 6.07) is 11.9. The molecule has 9 heteroatoms. The van der Waals surface area contributed by atoms with Crippen molar-refractivity contribution < 1.29 is 22.7 Å². The van der Waals surface area contributed by atoms with Crippen LogP contribution >= 0.6 is 11.3 Å². The molecule has 30 heavy (non-hydrogen) atoms. The van der Waals surface area contributed by atoms with Crippen LogP contribution in [-0.2, 0) is 26.1 Å². The highest BCUT2D eigenvalue weighted by Crippen LogP contribution is 2.24. The van der Waals surface area contributed by atoms with Crippen molar-refractivity contribution in [1.29, 1.82) is 0 Å². The van der Waals surface area contributed by atoms with E-state index in [1.54, 1.807) is 23.6 Å². The van der Waals surface area contributed by atoms with Gasteiger partial charge in [0.25, 0.3) is 10.0 Å². The molecular weight excluding hydrogens is 424 g/mol. The minimum Gasteiger partial charge on any atom is -0.497 e. The minimum atomic E-state index is -3.98. The molecule has 0 N–H and O–H groups in total. The number of esters is 1. The van der Waals surface area contributed by atoms with Crippen LogP contribution in [0.3, 0.4) is 0 Å². The van der Waals surface area contributed by atoms with Crippen molar-refractivity contribution >= 4 is 37.5 Å². The predicted octanol–water partition coefficient (Wildman–Crippen LogP) is 3.69. The molecule has 3 rings (SSSR count). The number of rotatable bonds is 7. The minimum absolute atomic E-state index is 0.0475. The Hall–Kier alpha value is -2.65. The molecule has 0 saturated carbocycles. The maximum Gasteiger partial charge on any atom is 0.326 e. The first-order chi connectivity index (χ1) is 14.2. The van der Waals surface area contributed by atoms with Gasteiger partial charge in [0.05, 0.1) is 28.8 Å². The van der Waals surface area contributed by atoms with Crippen LogP contribution in [0.15, 0.2) is 51.8 Å². The molecule has 3 aromatic rings. The lowest BCUT2D eigenvalue weighted by Gasteiger charge is -2.07. The number of sulfonamides is 1. The van der Waals surface area contributed by atoms with E-state index in [2.05, 4.69) is 18.2 Å². The Labute approximate surface area is 179 Å². The number of methoxy groups -OCH3 is 1. The van der Waals surface area contributed by atoms with Gasteiger partial charge in [-0.1, -0.05) is 31.3 Å². The van der Waals surface area contributed by atoms with Crippen LogP contribution in [0.4, 0.5) is 0 Å². The Balaban J connectivity index is 2.17. The topological polar surface area (TPSA) is 87.0 Å². The van der Waals surface area contributed by atoms with Crippen LogP contribution in [0.2, 0.25) is 0 Å². The van der Waals surface area contributed by atoms with Crippen LogP contribution < -0.4 is 9.54 Å². The Morgan fingerprint density at radius 3 is 2.47 bits per heavy atom. The van der Waals surface area contributed by atoms with Gasteiger partial charge >= 0.3 is 5.97 Å². The van der Waals surface area contributed by atoms with Crippen LogP contribution in [0.5, 0.6) is 5.75 Å². The average Bonchev–Trinajstić information content (AvgIpc) is 3.03. The molecule has 0 fully saturated rings. The van der Waals surface area contributed by atoms with Crippen molar-refractivity contribution in [3.63, 3.8) is 0 Å². The Bertz CT molecular complexity index is 1220. The Morgan fingerprint density at radius 1 is 1.17 bits per heavy atom. The molecule has 0 aliphatic rings. The molecule has 0 atom stereocenters. The largest absolute Gasteiger partial charge is 0.497 e. The van der Waals surface area contributed by atoms with Crippen molar-refractivity contribution in [3.8, 4) is 5.75 Å². The van der Waals surface area contributed by atoms with Gasteiger partial charge in [0, 0.05) is 0 Å². The molecule has 0 amide bonds. The number of benzene rings is 2. The van der Waals surface area contributed by atoms with E-state index in [1.165, 1.54) is 30.6 Å². The van der Waals surface area contributed by atoms with Gasteiger partial charge in [0.15, 0.2) is 0 Å². The molecule has 7 nitrogen and oxygen atoms in total. The molecule has 0 spiro atoms. The summed E-state index contributed by atoms with van der Waals surface area (Å²) >= 11 is 1.23. The van der Waals surface area contributed by atoms with Crippen LogP contribution in [0, 0.1) is 0 Å². The second kappa shape index (κ2) is 9.01. The van der Waals surface area contributed by atoms with Gasteiger partial charge in [-0.3, -0.25) is 4.79 Å². The van der Waals surface area contributed by atoms with Gasteiger partial charge in [0.2, 0.25) is 4.80 Å². The van der Waals surface area contributed by atoms with E-state index in [-0.39, 0.29) is 22.8 Å². The number of hydrogen-bond acceptors (Lipinski definition) is 6. The summed E-state index contributed by atoms with van der Waals surface area (Å²) in [6.07, 6.45) is 0. The second-order valence-corrected chi connectivity index (χ2v) is 9.51. The van der Waals surface area contributed by atoms with Crippen molar-refractivity contribution in [2.24, 2.45) is 4.40 Å². The van der Waals surface area contributed by atoms with Gasteiger partial charge in [-0.05, 0) is 54.8 Å². The number of hydrogen-bond donors (Lipinski definition) is 0. The number of fused-ring (bicyclic) bond motifs is 1. The molecule has 0 aliphatic carbocycles. The molecule has 0 bridgehead atoms. The summed E-state index contributed by atoms with van der Waals surface area (Å²) in [4.78, 5) is 12.4. The monoisotopic (exact) mass is 448 g/mol. The van der Waals surface area contributed by atoms with E-state index in [0.29, 0.717) is 11.7 Å². The SMILES string of the molecule is CCOC(=O)Cn1c(=NS(=O)(=O)c2ccc(OC)cc2)sc2cc(C(C)C)ccc21. The zero-order valence-electron chi connectivity index (χ0n) is 17.3. The molecule has 0 aliphatic heterocycles. The summed E-state index contributed by atoms with van der Waals surface area (Å²) in [6.45, 7) is 6.02. The first kappa shape index (κ1) is 22.0. The third-order valence-electron chi connectivity index (χ3n) is 4.52. The van der Waals surface area contributed by atoms with Crippen LogP contribution in [-0.4, -0.2) is 32.7 Å². The molecule has 2 aromatic carbocycles. The molecule has 0 unspecified atom stereocenters. The normalized spacial score (nSPS) is 12.5. The van der Waals surface area contributed by atoms with E-state index < -0.39 is 16.0 Å². The quantitative estimate of drug-likeness (QED) is 0.515. The van der Waals surface area contributed by atoms with Gasteiger partial charge in [-0.2, -0.15) is 8.42 Å². The Morgan fingerprint density at radius 2 is 1.87 bits per heavy atom. The molecule has 1 aromatic heterocycles. The molecule has 0 saturated heterocycles. The summed E-state index contributed by atoms with van der Waals surface area (Å²) in [5.41, 5.74) is 1.86. The predicted molar refractivity (Wildman–Crippen MR) is 116 cm³/mol. The molecule has 0 radical (unpaired) electrons. The molecule has 160 valence electrons. The maximum absolute atomic E-state index is 12.9. The highest BCUT2D eigenvalue weighted by Gasteiger charge is 2.17. The Kier molecular flexibility index (Phi) is 6.62. The van der Waals surface area contributed by atoms with Crippen molar-refractivity contribution in [2.75, 3.05) is 13.7 Å². The summed E-state index contributed by atoms with van der Waals surface area (Å²) < 4.78 is 42.4. The number of carbonyl (C=O) groups is 1. The van der Waals surface area contributed by atoms with E-state index in [4.69, 9.17) is 9.47 Å². The smallest absolute Gasteiger partial charge is 0.326 e. The van der Waals surface area contributed by atoms with Crippen molar-refractivity contribution in [2.45, 2.75) is 38.1 Å². The highest BCUT2D eigenvalue weighted by molar-refractivity contribution is 7.90. The summed E-state index contributed by atoms with van der Waals surface area (Å²) in [7, 11) is -2.47. The number of carbonyl (C=O) groups excluding carboxylic acids is 1. The zero-order chi connectivity index (χ0) is 21.9. The van der Waals surface area contributed by atoms with Gasteiger partial charge in [-0.25, -0.2) is 0 Å². The highest BCUT2D eigenvalue weighted by atomic mass is 32.2. The molecule has 1 heterocycles. The lowest BCUT2D eigenvalue weighted by molar-refractivity contribution is -0.143. The van der Waals surface area contributed by atoms with Crippen molar-refractivity contribution in [3.05, 3.63) is 52.8 Å². The number of nitrogens with zero attached hydrogens (tertiary/aromatic N) is 2. The fourth-order valence-electron chi connectivity index (χ4n) is 2.91. The number of aromatic nitrogens is 1. The van der Waals surface area contributed by atoms with Gasteiger partial charge < -0.3 is 14.0 Å². The first-order valence-corrected chi connectivity index (χ1v) is 11.7. The molecular formula is C21H24N2O5S2. The maximum atomic E-state index is 12.9. The lowest BCUT2D eigenvalue weighted by atomic mass is 10.0. The van der Waals surface area contributed by atoms with E-state index in [0.717, 1.165) is 15.8 Å². The van der Waals surface area contributed by atoms with E-state index in [1.807, 2.05) is 18.2 Å². The van der Waals surface area contributed by atoms with Crippen molar-refractivity contribution in [1.82, 2.24) is 4.57 Å². The van der Waals surface area contributed by atoms with Gasteiger partial charge in [-0.15, -0.1) is 4.40 Å². The standard InChI is InChI=1S/C21H24N2O5S2/c1-5-28-20(24)13-23-18-11-6-15(14(2)3)12-19(18)29-21(23)22-30(25,26)17-9-7-16(27-4)8-10-17/h6-12,14H,5,13H2,1-4H3. The first-order valence-electron chi connectivity index (χ1n) is 9.49. The zero-order valence-corrected chi connectivity index (χ0v) is 18.9. The third-order valence-corrected chi connectivity index (χ3v) is 6.96. The van der Waals surface area contributed by atoms with E-state index >= 15 is 0 Å². The number of ether oxygens (including phenoxy) is 2. The average molecular weight is 449 g/mol. The fourth-order valence-corrected chi connectivity index (χ4v) is 5.19. The van der Waals surface area contributed by atoms with E-state index in [9.17, 15) is 13.2 Å². The summed E-state index contributed by atoms with van der Waals surface area (Å²) in [5.74, 6) is 0.418. The lowest BCUT2D eigenvalue weighted by Crippen LogP contribution is -2.23. The summed E-state index contributed by atoms with van der Waals surface area (Å²) in [5, 5.41) is 0.